The van der Waals surface area contributed by atoms with Gasteiger partial charge in [0, 0.05) is 12.6 Å². The lowest BCUT2D eigenvalue weighted by Crippen LogP contribution is -2.52. The Bertz CT molecular complexity index is 1120. The van der Waals surface area contributed by atoms with Crippen molar-refractivity contribution in [1.29, 1.82) is 0 Å². The number of nitrogens with one attached hydrogen (secondary N) is 1. The smallest absolute Gasteiger partial charge is 0.244 e. The summed E-state index contributed by atoms with van der Waals surface area (Å²) in [5.74, 6) is 0.193. The fourth-order valence-corrected chi connectivity index (χ4v) is 4.46. The van der Waals surface area contributed by atoms with Crippen LogP contribution >= 0.6 is 0 Å². The molecule has 0 saturated heterocycles. The summed E-state index contributed by atoms with van der Waals surface area (Å²) in [7, 11) is -2.19. The van der Waals surface area contributed by atoms with Crippen molar-refractivity contribution in [2.45, 2.75) is 65.6 Å². The Balaban J connectivity index is 2.38. The first-order valence-corrected chi connectivity index (χ1v) is 14.0. The molecular weight excluding hydrogens is 478 g/mol. The van der Waals surface area contributed by atoms with E-state index in [-0.39, 0.29) is 24.4 Å². The van der Waals surface area contributed by atoms with Crippen molar-refractivity contribution in [2.24, 2.45) is 0 Å². The fourth-order valence-electron chi connectivity index (χ4n) is 3.61. The summed E-state index contributed by atoms with van der Waals surface area (Å²) in [6, 6.07) is 13.5. The maximum Gasteiger partial charge on any atom is 0.244 e. The van der Waals surface area contributed by atoms with E-state index in [1.165, 1.54) is 4.90 Å². The lowest BCUT2D eigenvalue weighted by atomic mass is 10.0. The molecule has 8 nitrogen and oxygen atoms in total. The van der Waals surface area contributed by atoms with Gasteiger partial charge in [-0.2, -0.15) is 0 Å². The molecule has 198 valence electrons. The molecule has 0 heterocycles. The van der Waals surface area contributed by atoms with E-state index in [0.29, 0.717) is 11.4 Å². The Hall–Kier alpha value is -3.07. The number of sulfonamides is 1. The summed E-state index contributed by atoms with van der Waals surface area (Å²) < 4.78 is 31.7. The zero-order valence-electron chi connectivity index (χ0n) is 22.3. The molecule has 2 unspecified atom stereocenters. The summed E-state index contributed by atoms with van der Waals surface area (Å²) in [6.07, 6.45) is 1.82. The molecule has 0 aliphatic rings. The number of carbonyl (C=O) groups is 2. The van der Waals surface area contributed by atoms with Gasteiger partial charge in [0.05, 0.1) is 19.1 Å². The number of benzene rings is 2. The van der Waals surface area contributed by atoms with Gasteiger partial charge in [-0.25, -0.2) is 8.42 Å². The van der Waals surface area contributed by atoms with Crippen LogP contribution in [0.4, 0.5) is 5.69 Å². The minimum Gasteiger partial charge on any atom is -0.497 e. The summed E-state index contributed by atoms with van der Waals surface area (Å²) in [6.45, 7) is 9.34. The molecule has 0 fully saturated rings. The van der Waals surface area contributed by atoms with Gasteiger partial charge < -0.3 is 15.0 Å². The van der Waals surface area contributed by atoms with Crippen LogP contribution in [0.1, 0.15) is 58.1 Å². The van der Waals surface area contributed by atoms with E-state index in [0.717, 1.165) is 28.1 Å². The summed E-state index contributed by atoms with van der Waals surface area (Å²) >= 11 is 0. The largest absolute Gasteiger partial charge is 0.497 e. The van der Waals surface area contributed by atoms with Crippen LogP contribution in [0, 0.1) is 0 Å². The summed E-state index contributed by atoms with van der Waals surface area (Å²) in [5, 5.41) is 2.92. The van der Waals surface area contributed by atoms with Crippen LogP contribution in [0.2, 0.25) is 0 Å². The number of hydrogen-bond acceptors (Lipinski definition) is 5. The Kier molecular flexibility index (Phi) is 10.3. The predicted octanol–water partition coefficient (Wildman–Crippen LogP) is 3.92. The molecule has 0 aliphatic carbocycles. The van der Waals surface area contributed by atoms with Gasteiger partial charge >= 0.3 is 0 Å². The van der Waals surface area contributed by atoms with E-state index < -0.39 is 28.5 Å². The van der Waals surface area contributed by atoms with Gasteiger partial charge in [-0.15, -0.1) is 0 Å². The first kappa shape index (κ1) is 29.2. The Morgan fingerprint density at radius 1 is 0.972 bits per heavy atom. The number of hydrogen-bond donors (Lipinski definition) is 1. The molecule has 2 atom stereocenters. The highest BCUT2D eigenvalue weighted by atomic mass is 32.2. The fraction of sp³-hybridized carbons (Fsp3) is 0.481. The topological polar surface area (TPSA) is 96.0 Å². The number of methoxy groups -OCH3 is 1. The van der Waals surface area contributed by atoms with Crippen LogP contribution in [-0.4, -0.2) is 57.1 Å². The summed E-state index contributed by atoms with van der Waals surface area (Å²) in [4.78, 5) is 28.0. The van der Waals surface area contributed by atoms with Gasteiger partial charge in [-0.05, 0) is 61.6 Å². The first-order chi connectivity index (χ1) is 16.9. The SMILES string of the molecule is CCC(C)NC(=O)C(C)N(Cc1ccc(OC)cc1)C(=O)CN(c1ccc(C(C)C)cc1)S(C)(=O)=O. The van der Waals surface area contributed by atoms with Crippen molar-refractivity contribution in [2.75, 3.05) is 24.2 Å². The van der Waals surface area contributed by atoms with Crippen LogP contribution < -0.4 is 14.4 Å². The maximum atomic E-state index is 13.6. The zero-order valence-corrected chi connectivity index (χ0v) is 23.1. The highest BCUT2D eigenvalue weighted by Gasteiger charge is 2.30. The minimum atomic E-state index is -3.76. The van der Waals surface area contributed by atoms with Crippen molar-refractivity contribution >= 4 is 27.5 Å². The number of anilines is 1. The van der Waals surface area contributed by atoms with Gasteiger partial charge in [0.25, 0.3) is 0 Å². The lowest BCUT2D eigenvalue weighted by Gasteiger charge is -2.32. The molecule has 2 amide bonds. The van der Waals surface area contributed by atoms with Crippen molar-refractivity contribution in [3.63, 3.8) is 0 Å². The third-order valence-electron chi connectivity index (χ3n) is 6.21. The van der Waals surface area contributed by atoms with E-state index >= 15 is 0 Å². The molecule has 0 spiro atoms. The molecule has 9 heteroatoms. The van der Waals surface area contributed by atoms with Crippen molar-refractivity contribution in [3.05, 3.63) is 59.7 Å². The van der Waals surface area contributed by atoms with E-state index in [1.807, 2.05) is 38.1 Å². The van der Waals surface area contributed by atoms with Crippen LogP contribution in [0.3, 0.4) is 0 Å². The predicted molar refractivity (Wildman–Crippen MR) is 144 cm³/mol. The maximum absolute atomic E-state index is 13.6. The third-order valence-corrected chi connectivity index (χ3v) is 7.35. The van der Waals surface area contributed by atoms with Crippen LogP contribution in [0.25, 0.3) is 0 Å². The highest BCUT2D eigenvalue weighted by molar-refractivity contribution is 7.92. The van der Waals surface area contributed by atoms with Gasteiger partial charge in [0.15, 0.2) is 0 Å². The molecule has 0 aromatic heterocycles. The molecule has 2 aromatic rings. The molecule has 1 N–H and O–H groups in total. The number of nitrogens with zero attached hydrogens (tertiary/aromatic N) is 2. The average molecular weight is 518 g/mol. The second-order valence-electron chi connectivity index (χ2n) is 9.38. The van der Waals surface area contributed by atoms with Crippen LogP contribution in [0.15, 0.2) is 48.5 Å². The Labute approximate surface area is 215 Å². The molecule has 0 aliphatic heterocycles. The number of ether oxygens (including phenoxy) is 1. The number of rotatable bonds is 12. The second kappa shape index (κ2) is 12.8. The average Bonchev–Trinajstić information content (AvgIpc) is 2.84. The highest BCUT2D eigenvalue weighted by Crippen LogP contribution is 2.23. The molecule has 0 radical (unpaired) electrons. The molecule has 36 heavy (non-hydrogen) atoms. The van der Waals surface area contributed by atoms with E-state index in [4.69, 9.17) is 4.74 Å². The van der Waals surface area contributed by atoms with Crippen molar-refractivity contribution in [3.8, 4) is 5.75 Å². The standard InChI is InChI=1S/C27H39N3O5S/c1-8-20(4)28-27(32)21(5)29(17-22-9-15-25(35-6)16-10-22)26(31)18-30(36(7,33)34)24-13-11-23(12-14-24)19(2)3/h9-16,19-21H,8,17-18H2,1-7H3,(H,28,32). The Morgan fingerprint density at radius 3 is 2.03 bits per heavy atom. The number of amides is 2. The van der Waals surface area contributed by atoms with Crippen LogP contribution in [-0.2, 0) is 26.2 Å². The number of carbonyl (C=O) groups excluding carboxylic acids is 2. The molecule has 2 aromatic carbocycles. The molecular formula is C27H39N3O5S. The van der Waals surface area contributed by atoms with E-state index in [9.17, 15) is 18.0 Å². The molecule has 0 saturated carbocycles. The van der Waals surface area contributed by atoms with Gasteiger partial charge in [-0.3, -0.25) is 13.9 Å². The van der Waals surface area contributed by atoms with E-state index in [2.05, 4.69) is 19.2 Å². The monoisotopic (exact) mass is 517 g/mol. The zero-order chi connectivity index (χ0) is 27.0. The van der Waals surface area contributed by atoms with Gasteiger partial charge in [0.1, 0.15) is 18.3 Å². The van der Waals surface area contributed by atoms with Crippen molar-refractivity contribution < 1.29 is 22.7 Å². The van der Waals surface area contributed by atoms with Gasteiger partial charge in [0.2, 0.25) is 21.8 Å². The van der Waals surface area contributed by atoms with Crippen molar-refractivity contribution in [1.82, 2.24) is 10.2 Å². The van der Waals surface area contributed by atoms with E-state index in [1.54, 1.807) is 38.3 Å². The minimum absolute atomic E-state index is 0.0510. The normalized spacial score (nSPS) is 13.1. The van der Waals surface area contributed by atoms with Gasteiger partial charge in [-0.1, -0.05) is 45.0 Å². The van der Waals surface area contributed by atoms with Crippen LogP contribution in [0.5, 0.6) is 5.75 Å². The quantitative estimate of drug-likeness (QED) is 0.460. The molecule has 2 rings (SSSR count). The second-order valence-corrected chi connectivity index (χ2v) is 11.3. The first-order valence-electron chi connectivity index (χ1n) is 12.2. The lowest BCUT2D eigenvalue weighted by molar-refractivity contribution is -0.139. The summed E-state index contributed by atoms with van der Waals surface area (Å²) in [5.41, 5.74) is 2.26. The Morgan fingerprint density at radius 2 is 1.56 bits per heavy atom. The molecule has 0 bridgehead atoms. The third kappa shape index (κ3) is 7.98.